The second-order valence-corrected chi connectivity index (χ2v) is 6.65. The van der Waals surface area contributed by atoms with Gasteiger partial charge in [-0.05, 0) is 38.0 Å². The summed E-state index contributed by atoms with van der Waals surface area (Å²) in [6.45, 7) is 6.34. The SMILES string of the molecule is CCNC(=NCCCc1nc(C)cs1)N(C)Cc1ccc(F)cc1. The lowest BCUT2D eigenvalue weighted by Gasteiger charge is -2.22. The van der Waals surface area contributed by atoms with E-state index in [1.807, 2.05) is 14.0 Å². The zero-order valence-electron chi connectivity index (χ0n) is 14.6. The van der Waals surface area contributed by atoms with E-state index in [1.165, 1.54) is 17.1 Å². The Morgan fingerprint density at radius 2 is 2.08 bits per heavy atom. The van der Waals surface area contributed by atoms with Gasteiger partial charge < -0.3 is 10.2 Å². The van der Waals surface area contributed by atoms with Crippen LogP contribution in [0.15, 0.2) is 34.6 Å². The molecule has 1 aromatic heterocycles. The van der Waals surface area contributed by atoms with Crippen LogP contribution in [0.25, 0.3) is 0 Å². The van der Waals surface area contributed by atoms with Crippen LogP contribution in [0.4, 0.5) is 4.39 Å². The van der Waals surface area contributed by atoms with Gasteiger partial charge in [0.2, 0.25) is 0 Å². The second-order valence-electron chi connectivity index (χ2n) is 5.70. The summed E-state index contributed by atoms with van der Waals surface area (Å²) in [5.41, 5.74) is 2.15. The molecule has 0 saturated heterocycles. The predicted molar refractivity (Wildman–Crippen MR) is 99.0 cm³/mol. The highest BCUT2D eigenvalue weighted by Gasteiger charge is 2.06. The number of guanidine groups is 1. The van der Waals surface area contributed by atoms with Crippen LogP contribution in [-0.4, -0.2) is 36.0 Å². The van der Waals surface area contributed by atoms with E-state index < -0.39 is 0 Å². The molecule has 0 atom stereocenters. The Hall–Kier alpha value is -1.95. The van der Waals surface area contributed by atoms with Crippen LogP contribution in [0.5, 0.6) is 0 Å². The molecule has 0 aliphatic heterocycles. The lowest BCUT2D eigenvalue weighted by atomic mass is 10.2. The van der Waals surface area contributed by atoms with Crippen molar-refractivity contribution in [2.24, 2.45) is 4.99 Å². The average molecular weight is 348 g/mol. The van der Waals surface area contributed by atoms with Crippen molar-refractivity contribution in [2.75, 3.05) is 20.1 Å². The third-order valence-electron chi connectivity index (χ3n) is 3.51. The van der Waals surface area contributed by atoms with Crippen molar-refractivity contribution in [3.63, 3.8) is 0 Å². The normalized spacial score (nSPS) is 11.6. The Kier molecular flexibility index (Phi) is 7.18. The summed E-state index contributed by atoms with van der Waals surface area (Å²) in [7, 11) is 2.00. The largest absolute Gasteiger partial charge is 0.357 e. The minimum absolute atomic E-state index is 0.209. The predicted octanol–water partition coefficient (Wildman–Crippen LogP) is 3.62. The van der Waals surface area contributed by atoms with Gasteiger partial charge in [-0.3, -0.25) is 4.99 Å². The highest BCUT2D eigenvalue weighted by atomic mass is 32.1. The molecule has 0 aliphatic rings. The van der Waals surface area contributed by atoms with Gasteiger partial charge >= 0.3 is 0 Å². The standard InChI is InChI=1S/C18H25FN4S/c1-4-20-18(21-11-5-6-17-22-14(2)13-24-17)23(3)12-15-7-9-16(19)10-8-15/h7-10,13H,4-6,11-12H2,1-3H3,(H,20,21). The fourth-order valence-electron chi connectivity index (χ4n) is 2.34. The van der Waals surface area contributed by atoms with Crippen LogP contribution in [-0.2, 0) is 13.0 Å². The fourth-order valence-corrected chi connectivity index (χ4v) is 3.16. The first-order valence-corrected chi connectivity index (χ1v) is 9.11. The van der Waals surface area contributed by atoms with Crippen LogP contribution in [0.2, 0.25) is 0 Å². The van der Waals surface area contributed by atoms with Gasteiger partial charge in [0.15, 0.2) is 5.96 Å². The smallest absolute Gasteiger partial charge is 0.193 e. The molecule has 0 spiro atoms. The Labute approximate surface area is 147 Å². The minimum atomic E-state index is -0.209. The zero-order valence-corrected chi connectivity index (χ0v) is 15.4. The monoisotopic (exact) mass is 348 g/mol. The van der Waals surface area contributed by atoms with E-state index in [2.05, 4.69) is 32.5 Å². The van der Waals surface area contributed by atoms with Gasteiger partial charge in [-0.2, -0.15) is 0 Å². The summed E-state index contributed by atoms with van der Waals surface area (Å²) >= 11 is 1.71. The maximum absolute atomic E-state index is 13.0. The van der Waals surface area contributed by atoms with E-state index in [9.17, 15) is 4.39 Å². The summed E-state index contributed by atoms with van der Waals surface area (Å²) in [5.74, 6) is 0.663. The fraction of sp³-hybridized carbons (Fsp3) is 0.444. The quantitative estimate of drug-likeness (QED) is 0.472. The maximum atomic E-state index is 13.0. The van der Waals surface area contributed by atoms with Gasteiger partial charge in [0.25, 0.3) is 0 Å². The molecule has 4 nitrogen and oxygen atoms in total. The van der Waals surface area contributed by atoms with E-state index in [1.54, 1.807) is 23.5 Å². The number of aliphatic imine (C=N–C) groups is 1. The molecule has 0 unspecified atom stereocenters. The highest BCUT2D eigenvalue weighted by Crippen LogP contribution is 2.11. The van der Waals surface area contributed by atoms with Crippen LogP contribution >= 0.6 is 11.3 Å². The van der Waals surface area contributed by atoms with Crippen molar-refractivity contribution in [2.45, 2.75) is 33.2 Å². The van der Waals surface area contributed by atoms with Crippen molar-refractivity contribution in [3.05, 3.63) is 51.7 Å². The lowest BCUT2D eigenvalue weighted by molar-refractivity contribution is 0.476. The number of aryl methyl sites for hydroxylation is 2. The van der Waals surface area contributed by atoms with Gasteiger partial charge in [-0.1, -0.05) is 12.1 Å². The number of halogens is 1. The summed E-state index contributed by atoms with van der Waals surface area (Å²) in [6, 6.07) is 6.59. The second kappa shape index (κ2) is 9.37. The van der Waals surface area contributed by atoms with Crippen LogP contribution in [0.1, 0.15) is 29.6 Å². The van der Waals surface area contributed by atoms with Gasteiger partial charge in [-0.25, -0.2) is 9.37 Å². The van der Waals surface area contributed by atoms with Crippen molar-refractivity contribution in [1.29, 1.82) is 0 Å². The number of nitrogens with one attached hydrogen (secondary N) is 1. The first-order valence-electron chi connectivity index (χ1n) is 8.23. The lowest BCUT2D eigenvalue weighted by Crippen LogP contribution is -2.38. The topological polar surface area (TPSA) is 40.5 Å². The molecule has 0 fully saturated rings. The minimum Gasteiger partial charge on any atom is -0.357 e. The molecular formula is C18H25FN4S. The van der Waals surface area contributed by atoms with Crippen LogP contribution in [0, 0.1) is 12.7 Å². The molecule has 0 amide bonds. The number of aromatic nitrogens is 1. The first-order chi connectivity index (χ1) is 11.6. The van der Waals surface area contributed by atoms with Gasteiger partial charge in [0.1, 0.15) is 5.82 Å². The van der Waals surface area contributed by atoms with E-state index in [0.29, 0.717) is 6.54 Å². The van der Waals surface area contributed by atoms with Gasteiger partial charge in [0.05, 0.1) is 5.01 Å². The summed E-state index contributed by atoms with van der Waals surface area (Å²) < 4.78 is 13.0. The number of rotatable bonds is 7. The number of hydrogen-bond acceptors (Lipinski definition) is 3. The van der Waals surface area contributed by atoms with E-state index >= 15 is 0 Å². The molecule has 1 heterocycles. The third-order valence-corrected chi connectivity index (χ3v) is 4.53. The molecule has 2 rings (SSSR count). The Bertz CT molecular complexity index is 651. The molecule has 1 aromatic carbocycles. The molecule has 1 N–H and O–H groups in total. The van der Waals surface area contributed by atoms with Crippen LogP contribution < -0.4 is 5.32 Å². The van der Waals surface area contributed by atoms with E-state index in [-0.39, 0.29) is 5.82 Å². The summed E-state index contributed by atoms with van der Waals surface area (Å²) in [5, 5.41) is 6.56. The Morgan fingerprint density at radius 3 is 2.71 bits per heavy atom. The van der Waals surface area contributed by atoms with Crippen molar-refractivity contribution in [3.8, 4) is 0 Å². The van der Waals surface area contributed by atoms with E-state index in [4.69, 9.17) is 0 Å². The van der Waals surface area contributed by atoms with Gasteiger partial charge in [-0.15, -0.1) is 11.3 Å². The average Bonchev–Trinajstić information content (AvgIpc) is 2.98. The number of benzene rings is 1. The molecular weight excluding hydrogens is 323 g/mol. The molecule has 0 bridgehead atoms. The van der Waals surface area contributed by atoms with Gasteiger partial charge in [0, 0.05) is 44.2 Å². The van der Waals surface area contributed by atoms with Crippen molar-refractivity contribution < 1.29 is 4.39 Å². The number of hydrogen-bond donors (Lipinski definition) is 1. The number of nitrogens with zero attached hydrogens (tertiary/aromatic N) is 3. The summed E-state index contributed by atoms with van der Waals surface area (Å²) in [6.07, 6.45) is 1.94. The molecule has 24 heavy (non-hydrogen) atoms. The van der Waals surface area contributed by atoms with Crippen molar-refractivity contribution >= 4 is 17.3 Å². The molecule has 0 radical (unpaired) electrons. The van der Waals surface area contributed by atoms with E-state index in [0.717, 1.165) is 43.1 Å². The molecule has 0 saturated carbocycles. The number of thiazole rings is 1. The Balaban J connectivity index is 1.87. The maximum Gasteiger partial charge on any atom is 0.193 e. The molecule has 6 heteroatoms. The highest BCUT2D eigenvalue weighted by molar-refractivity contribution is 7.09. The van der Waals surface area contributed by atoms with Crippen molar-refractivity contribution in [1.82, 2.24) is 15.2 Å². The first kappa shape index (κ1) is 18.4. The third kappa shape index (κ3) is 5.92. The Morgan fingerprint density at radius 1 is 1.33 bits per heavy atom. The molecule has 130 valence electrons. The van der Waals surface area contributed by atoms with Crippen LogP contribution in [0.3, 0.4) is 0 Å². The zero-order chi connectivity index (χ0) is 17.4. The molecule has 2 aromatic rings. The summed E-state index contributed by atoms with van der Waals surface area (Å²) in [4.78, 5) is 11.2. The molecule has 0 aliphatic carbocycles.